The van der Waals surface area contributed by atoms with Crippen LogP contribution in [-0.2, 0) is 0 Å². The number of hydrogen-bond donors (Lipinski definition) is 0. The number of fused-ring (bicyclic) bond motifs is 7. The lowest BCUT2D eigenvalue weighted by Gasteiger charge is -2.12. The van der Waals surface area contributed by atoms with Crippen molar-refractivity contribution in [3.8, 4) is 27.9 Å². The number of pyridine rings is 1. The number of benzene rings is 6. The third kappa shape index (κ3) is 3.37. The number of hydrogen-bond acceptors (Lipinski definition) is 2. The molecule has 3 heterocycles. The van der Waals surface area contributed by atoms with E-state index in [1.54, 1.807) is 0 Å². The molecule has 196 valence electrons. The summed E-state index contributed by atoms with van der Waals surface area (Å²) in [6.07, 6.45) is 0. The summed E-state index contributed by atoms with van der Waals surface area (Å²) in [5, 5.41) is 4.49. The predicted octanol–water partition coefficient (Wildman–Crippen LogP) is 10.6. The summed E-state index contributed by atoms with van der Waals surface area (Å²) in [7, 11) is 0. The largest absolute Gasteiger partial charge is 0.452 e. The lowest BCUT2D eigenvalue weighted by atomic mass is 10.0. The second kappa shape index (κ2) is 8.92. The molecule has 0 aliphatic rings. The number of para-hydroxylation sites is 2. The van der Waals surface area contributed by atoms with Crippen LogP contribution in [0.2, 0.25) is 0 Å². The van der Waals surface area contributed by atoms with E-state index >= 15 is 0 Å². The fraction of sp³-hybridized carbons (Fsp3) is 0. The Labute approximate surface area is 241 Å². The van der Waals surface area contributed by atoms with Crippen LogP contribution in [-0.4, -0.2) is 9.55 Å². The molecule has 0 N–H and O–H groups in total. The second-order valence-corrected chi connectivity index (χ2v) is 10.8. The van der Waals surface area contributed by atoms with Gasteiger partial charge in [0, 0.05) is 21.5 Å². The quantitative estimate of drug-likeness (QED) is 0.225. The van der Waals surface area contributed by atoms with Gasteiger partial charge in [0.1, 0.15) is 16.8 Å². The molecule has 6 aromatic carbocycles. The SMILES string of the molecule is c1ccc(-c2ccc3c(c2)c2cc(-c4ccccc4)ccc2n3-c2c3ccccc3nc3c2oc2ccccc23)cc1. The zero-order valence-electron chi connectivity index (χ0n) is 22.7. The fourth-order valence-corrected chi connectivity index (χ4v) is 6.42. The van der Waals surface area contributed by atoms with Gasteiger partial charge in [0.15, 0.2) is 5.58 Å². The maximum atomic E-state index is 6.62. The van der Waals surface area contributed by atoms with E-state index in [2.05, 4.69) is 132 Å². The minimum atomic E-state index is 0.799. The lowest BCUT2D eigenvalue weighted by Crippen LogP contribution is -1.98. The molecule has 0 fully saturated rings. The summed E-state index contributed by atoms with van der Waals surface area (Å²) in [5.74, 6) is 0. The van der Waals surface area contributed by atoms with Crippen molar-refractivity contribution in [2.24, 2.45) is 0 Å². The van der Waals surface area contributed by atoms with Crippen molar-refractivity contribution in [2.45, 2.75) is 0 Å². The first-order chi connectivity index (χ1) is 20.8. The molecule has 0 bridgehead atoms. The van der Waals surface area contributed by atoms with Crippen LogP contribution >= 0.6 is 0 Å². The Morgan fingerprint density at radius 1 is 0.452 bits per heavy atom. The van der Waals surface area contributed by atoms with Crippen molar-refractivity contribution in [1.82, 2.24) is 9.55 Å². The zero-order valence-corrected chi connectivity index (χ0v) is 22.7. The zero-order chi connectivity index (χ0) is 27.6. The Kier molecular flexibility index (Phi) is 4.90. The van der Waals surface area contributed by atoms with Gasteiger partial charge < -0.3 is 8.98 Å². The average Bonchev–Trinajstić information content (AvgIpc) is 3.59. The van der Waals surface area contributed by atoms with Crippen molar-refractivity contribution in [2.75, 3.05) is 0 Å². The molecule has 3 aromatic heterocycles. The van der Waals surface area contributed by atoms with E-state index in [0.29, 0.717) is 0 Å². The molecule has 3 heteroatoms. The highest BCUT2D eigenvalue weighted by atomic mass is 16.3. The van der Waals surface area contributed by atoms with Crippen LogP contribution in [0.3, 0.4) is 0 Å². The van der Waals surface area contributed by atoms with Gasteiger partial charge >= 0.3 is 0 Å². The molecule has 0 aliphatic carbocycles. The Balaban J connectivity index is 1.45. The Bertz CT molecular complexity index is 2350. The van der Waals surface area contributed by atoms with E-state index in [0.717, 1.165) is 49.7 Å². The fourth-order valence-electron chi connectivity index (χ4n) is 6.42. The van der Waals surface area contributed by atoms with Crippen molar-refractivity contribution in [3.05, 3.63) is 146 Å². The number of furan rings is 1. The van der Waals surface area contributed by atoms with Gasteiger partial charge in [0.25, 0.3) is 0 Å². The second-order valence-electron chi connectivity index (χ2n) is 10.8. The molecule has 3 nitrogen and oxygen atoms in total. The first-order valence-electron chi connectivity index (χ1n) is 14.2. The van der Waals surface area contributed by atoms with E-state index in [-0.39, 0.29) is 0 Å². The van der Waals surface area contributed by atoms with Gasteiger partial charge in [-0.05, 0) is 64.7 Å². The summed E-state index contributed by atoms with van der Waals surface area (Å²) in [6, 6.07) is 51.4. The highest BCUT2D eigenvalue weighted by Gasteiger charge is 2.22. The van der Waals surface area contributed by atoms with Crippen LogP contribution in [0.25, 0.3) is 82.7 Å². The summed E-state index contributed by atoms with van der Waals surface area (Å²) >= 11 is 0. The molecule has 42 heavy (non-hydrogen) atoms. The van der Waals surface area contributed by atoms with E-state index in [1.165, 1.54) is 33.0 Å². The van der Waals surface area contributed by atoms with Crippen LogP contribution in [0.15, 0.2) is 150 Å². The Morgan fingerprint density at radius 2 is 1.00 bits per heavy atom. The van der Waals surface area contributed by atoms with Crippen molar-refractivity contribution in [1.29, 1.82) is 0 Å². The first-order valence-corrected chi connectivity index (χ1v) is 14.2. The van der Waals surface area contributed by atoms with Gasteiger partial charge in [-0.25, -0.2) is 4.98 Å². The molecule has 0 saturated carbocycles. The summed E-state index contributed by atoms with van der Waals surface area (Å²) < 4.78 is 8.99. The lowest BCUT2D eigenvalue weighted by molar-refractivity contribution is 0.666. The third-order valence-corrected chi connectivity index (χ3v) is 8.38. The molecule has 0 radical (unpaired) electrons. The molecule has 0 saturated heterocycles. The summed E-state index contributed by atoms with van der Waals surface area (Å²) in [5.41, 5.74) is 11.6. The maximum Gasteiger partial charge on any atom is 0.178 e. The smallest absolute Gasteiger partial charge is 0.178 e. The molecule has 9 rings (SSSR count). The Hall–Kier alpha value is -5.67. The highest BCUT2D eigenvalue weighted by molar-refractivity contribution is 6.17. The van der Waals surface area contributed by atoms with Gasteiger partial charge in [0.05, 0.1) is 16.6 Å². The van der Waals surface area contributed by atoms with E-state index in [1.807, 2.05) is 18.2 Å². The summed E-state index contributed by atoms with van der Waals surface area (Å²) in [6.45, 7) is 0. The molecule has 0 aliphatic heterocycles. The van der Waals surface area contributed by atoms with E-state index in [9.17, 15) is 0 Å². The molecule has 0 unspecified atom stereocenters. The molecule has 0 spiro atoms. The maximum absolute atomic E-state index is 6.62. The van der Waals surface area contributed by atoms with Gasteiger partial charge in [-0.3, -0.25) is 0 Å². The summed E-state index contributed by atoms with van der Waals surface area (Å²) in [4.78, 5) is 5.10. The van der Waals surface area contributed by atoms with Crippen LogP contribution in [0.4, 0.5) is 0 Å². The molecular weight excluding hydrogens is 512 g/mol. The predicted molar refractivity (Wildman–Crippen MR) is 174 cm³/mol. The van der Waals surface area contributed by atoms with Crippen LogP contribution < -0.4 is 0 Å². The first kappa shape index (κ1) is 23.1. The van der Waals surface area contributed by atoms with E-state index < -0.39 is 0 Å². The molecule has 0 atom stereocenters. The van der Waals surface area contributed by atoms with Gasteiger partial charge in [-0.1, -0.05) is 103 Å². The monoisotopic (exact) mass is 536 g/mol. The highest BCUT2D eigenvalue weighted by Crippen LogP contribution is 2.42. The molecule has 0 amide bonds. The van der Waals surface area contributed by atoms with Crippen molar-refractivity contribution >= 4 is 54.8 Å². The van der Waals surface area contributed by atoms with Gasteiger partial charge in [0.2, 0.25) is 0 Å². The van der Waals surface area contributed by atoms with Gasteiger partial charge in [-0.15, -0.1) is 0 Å². The topological polar surface area (TPSA) is 31.0 Å². The number of nitrogens with zero attached hydrogens (tertiary/aromatic N) is 2. The van der Waals surface area contributed by atoms with Crippen LogP contribution in [0.1, 0.15) is 0 Å². The average molecular weight is 537 g/mol. The minimum Gasteiger partial charge on any atom is -0.452 e. The number of rotatable bonds is 3. The van der Waals surface area contributed by atoms with Crippen LogP contribution in [0.5, 0.6) is 0 Å². The normalized spacial score (nSPS) is 11.8. The standard InChI is InChI=1S/C39H24N2O/c1-3-11-25(12-4-1)27-19-21-34-31(23-27)32-24-28(26-13-5-2-6-14-26)20-22-35(32)41(34)38-29-15-7-9-17-33(29)40-37-30-16-8-10-18-36(30)42-39(37)38/h1-24H. The van der Waals surface area contributed by atoms with Gasteiger partial charge in [-0.2, -0.15) is 0 Å². The third-order valence-electron chi connectivity index (χ3n) is 8.38. The minimum absolute atomic E-state index is 0.799. The Morgan fingerprint density at radius 3 is 1.64 bits per heavy atom. The van der Waals surface area contributed by atoms with Crippen LogP contribution in [0, 0.1) is 0 Å². The van der Waals surface area contributed by atoms with Crippen molar-refractivity contribution < 1.29 is 4.42 Å². The van der Waals surface area contributed by atoms with E-state index in [4.69, 9.17) is 9.40 Å². The molecule has 9 aromatic rings. The number of aromatic nitrogens is 2. The molecular formula is C39H24N2O. The van der Waals surface area contributed by atoms with Crippen molar-refractivity contribution in [3.63, 3.8) is 0 Å².